The average Bonchev–Trinajstić information content (AvgIpc) is 3.33. The second kappa shape index (κ2) is 10.2. The third-order valence-corrected chi connectivity index (χ3v) is 9.28. The molecule has 1 spiro atoms. The van der Waals surface area contributed by atoms with Gasteiger partial charge in [0.05, 0.1) is 30.6 Å². The molecule has 0 bridgehead atoms. The summed E-state index contributed by atoms with van der Waals surface area (Å²) in [6, 6.07) is 21.6. The largest absolute Gasteiger partial charge is 0.394 e. The summed E-state index contributed by atoms with van der Waals surface area (Å²) in [5.41, 5.74) is 0.105. The first kappa shape index (κ1) is 26.6. The molecule has 7 rings (SSSR count). The van der Waals surface area contributed by atoms with Crippen LogP contribution in [-0.4, -0.2) is 71.2 Å². The van der Waals surface area contributed by atoms with E-state index in [1.165, 1.54) is 4.90 Å². The van der Waals surface area contributed by atoms with Crippen molar-refractivity contribution < 1.29 is 24.2 Å². The molecule has 8 heteroatoms. The first-order valence-electron chi connectivity index (χ1n) is 14.6. The molecule has 0 radical (unpaired) electrons. The van der Waals surface area contributed by atoms with Gasteiger partial charge < -0.3 is 24.5 Å². The molecule has 214 valence electrons. The van der Waals surface area contributed by atoms with Gasteiger partial charge in [0.15, 0.2) is 0 Å². The minimum atomic E-state index is -1.35. The number of hydrogen-bond donors (Lipinski definition) is 1. The Morgan fingerprint density at radius 1 is 0.857 bits per heavy atom. The molecule has 3 aromatic rings. The highest BCUT2D eigenvalue weighted by atomic mass is 16.5. The van der Waals surface area contributed by atoms with E-state index in [4.69, 9.17) is 4.74 Å². The zero-order valence-electron chi connectivity index (χ0n) is 23.4. The monoisotopic (exact) mass is 563 g/mol. The van der Waals surface area contributed by atoms with E-state index in [0.717, 1.165) is 16.5 Å². The second-order valence-corrected chi connectivity index (χ2v) is 11.4. The number of ether oxygens (including phenoxy) is 1. The number of para-hydroxylation sites is 1. The van der Waals surface area contributed by atoms with Crippen LogP contribution >= 0.6 is 0 Å². The van der Waals surface area contributed by atoms with E-state index in [-0.39, 0.29) is 24.3 Å². The highest BCUT2D eigenvalue weighted by Crippen LogP contribution is 2.54. The fourth-order valence-electron chi connectivity index (χ4n) is 7.30. The van der Waals surface area contributed by atoms with Crippen molar-refractivity contribution in [2.24, 2.45) is 11.8 Å². The molecule has 8 nitrogen and oxygen atoms in total. The van der Waals surface area contributed by atoms with Crippen molar-refractivity contribution in [3.63, 3.8) is 0 Å². The predicted molar refractivity (Wildman–Crippen MR) is 160 cm³/mol. The van der Waals surface area contributed by atoms with E-state index in [1.807, 2.05) is 104 Å². The number of hydrogen-bond acceptors (Lipinski definition) is 5. The van der Waals surface area contributed by atoms with Crippen molar-refractivity contribution in [1.29, 1.82) is 0 Å². The lowest BCUT2D eigenvalue weighted by Gasteiger charge is -2.38. The van der Waals surface area contributed by atoms with Crippen LogP contribution in [0.2, 0.25) is 0 Å². The molecule has 42 heavy (non-hydrogen) atoms. The first-order valence-corrected chi connectivity index (χ1v) is 14.6. The van der Waals surface area contributed by atoms with Gasteiger partial charge in [0.25, 0.3) is 5.91 Å². The Balaban J connectivity index is 1.34. The predicted octanol–water partition coefficient (Wildman–Crippen LogP) is 3.70. The van der Waals surface area contributed by atoms with Gasteiger partial charge in [0, 0.05) is 24.5 Å². The van der Waals surface area contributed by atoms with Crippen LogP contribution in [-0.2, 0) is 19.1 Å². The number of carbonyl (C=O) groups is 3. The van der Waals surface area contributed by atoms with Crippen LogP contribution < -0.4 is 9.80 Å². The van der Waals surface area contributed by atoms with Crippen molar-refractivity contribution in [2.75, 3.05) is 29.5 Å². The molecule has 1 unspecified atom stereocenters. The molecule has 4 heterocycles. The van der Waals surface area contributed by atoms with E-state index in [1.54, 1.807) is 9.80 Å². The minimum Gasteiger partial charge on any atom is -0.394 e. The van der Waals surface area contributed by atoms with Gasteiger partial charge in [0.1, 0.15) is 11.6 Å². The molecule has 6 atom stereocenters. The number of likely N-dealkylation sites (tertiary alicyclic amines) is 1. The number of carbonyl (C=O) groups excluding carboxylic acids is 3. The van der Waals surface area contributed by atoms with E-state index in [2.05, 4.69) is 0 Å². The van der Waals surface area contributed by atoms with Gasteiger partial charge in [-0.05, 0) is 41.5 Å². The molecule has 0 aliphatic carbocycles. The minimum absolute atomic E-state index is 0.208. The molecular weight excluding hydrogens is 530 g/mol. The van der Waals surface area contributed by atoms with Gasteiger partial charge in [-0.2, -0.15) is 0 Å². The number of amides is 3. The number of aliphatic hydroxyl groups is 1. The third-order valence-electron chi connectivity index (χ3n) is 9.28. The summed E-state index contributed by atoms with van der Waals surface area (Å²) in [4.78, 5) is 48.3. The normalized spacial score (nSPS) is 29.4. The molecule has 0 saturated carbocycles. The number of aliphatic hydroxyl groups excluding tert-OH is 1. The summed E-state index contributed by atoms with van der Waals surface area (Å²) in [5.74, 6) is -2.55. The van der Waals surface area contributed by atoms with Crippen LogP contribution in [0.15, 0.2) is 97.1 Å². The number of anilines is 2. The quantitative estimate of drug-likeness (QED) is 0.479. The lowest BCUT2D eigenvalue weighted by atomic mass is 9.77. The van der Waals surface area contributed by atoms with Crippen LogP contribution in [0.3, 0.4) is 0 Å². The van der Waals surface area contributed by atoms with Crippen LogP contribution in [0, 0.1) is 11.8 Å². The molecule has 2 saturated heterocycles. The van der Waals surface area contributed by atoms with Gasteiger partial charge in [-0.3, -0.25) is 14.4 Å². The Kier molecular flexibility index (Phi) is 6.48. The zero-order valence-corrected chi connectivity index (χ0v) is 23.4. The SMILES string of the molecule is CC[C@@H](CO)N1C(=O)[C@@H]2[C@@H]3C(=O)N(c4ccccc4)CC=C[C@@H]3O[C@@]23C=CCN(c2ccc4ccccc4c2)C(=O)C13. The summed E-state index contributed by atoms with van der Waals surface area (Å²) in [7, 11) is 0. The van der Waals surface area contributed by atoms with Crippen LogP contribution in [0.1, 0.15) is 13.3 Å². The van der Waals surface area contributed by atoms with Crippen molar-refractivity contribution in [3.05, 3.63) is 97.1 Å². The summed E-state index contributed by atoms with van der Waals surface area (Å²) in [6.45, 7) is 2.23. The summed E-state index contributed by atoms with van der Waals surface area (Å²) in [6.07, 6.45) is 7.27. The Labute approximate surface area is 244 Å². The van der Waals surface area contributed by atoms with Crippen molar-refractivity contribution in [3.8, 4) is 0 Å². The first-order chi connectivity index (χ1) is 20.5. The lowest BCUT2D eigenvalue weighted by molar-refractivity contribution is -0.144. The maximum absolute atomic E-state index is 14.7. The Morgan fingerprint density at radius 3 is 2.33 bits per heavy atom. The Morgan fingerprint density at radius 2 is 1.57 bits per heavy atom. The highest BCUT2D eigenvalue weighted by molar-refractivity contribution is 6.08. The smallest absolute Gasteiger partial charge is 0.253 e. The Hall–Kier alpha value is -4.27. The number of rotatable bonds is 5. The van der Waals surface area contributed by atoms with Gasteiger partial charge in [-0.25, -0.2) is 0 Å². The van der Waals surface area contributed by atoms with Crippen molar-refractivity contribution in [1.82, 2.24) is 4.90 Å². The van der Waals surface area contributed by atoms with Gasteiger partial charge in [0.2, 0.25) is 11.8 Å². The lowest BCUT2D eigenvalue weighted by Crippen LogP contribution is -2.58. The zero-order chi connectivity index (χ0) is 29.0. The maximum Gasteiger partial charge on any atom is 0.253 e. The van der Waals surface area contributed by atoms with E-state index in [9.17, 15) is 19.5 Å². The van der Waals surface area contributed by atoms with Gasteiger partial charge in [-0.15, -0.1) is 0 Å². The number of benzene rings is 3. The van der Waals surface area contributed by atoms with Crippen molar-refractivity contribution >= 4 is 39.9 Å². The van der Waals surface area contributed by atoms with Gasteiger partial charge >= 0.3 is 0 Å². The second-order valence-electron chi connectivity index (χ2n) is 11.4. The molecule has 4 aliphatic heterocycles. The molecular formula is C34H33N3O5. The fraction of sp³-hybridized carbons (Fsp3) is 0.324. The molecule has 2 fully saturated rings. The molecule has 0 aromatic heterocycles. The van der Waals surface area contributed by atoms with Crippen molar-refractivity contribution in [2.45, 2.75) is 37.1 Å². The van der Waals surface area contributed by atoms with E-state index >= 15 is 0 Å². The van der Waals surface area contributed by atoms with Crippen LogP contribution in [0.25, 0.3) is 10.8 Å². The van der Waals surface area contributed by atoms with E-state index in [0.29, 0.717) is 25.2 Å². The molecule has 3 amide bonds. The summed E-state index contributed by atoms with van der Waals surface area (Å²) in [5, 5.41) is 12.4. The van der Waals surface area contributed by atoms with E-state index < -0.39 is 35.6 Å². The highest BCUT2D eigenvalue weighted by Gasteiger charge is 2.72. The molecule has 4 aliphatic rings. The third kappa shape index (κ3) is 3.86. The summed E-state index contributed by atoms with van der Waals surface area (Å²) < 4.78 is 6.75. The Bertz CT molecular complexity index is 1620. The van der Waals surface area contributed by atoms with Crippen LogP contribution in [0.5, 0.6) is 0 Å². The molecule has 3 aromatic carbocycles. The topological polar surface area (TPSA) is 90.4 Å². The standard InChI is InChI=1S/C34H33N3O5/c1-2-24(21-38)37-30-33(41)36(26-16-15-22-10-6-7-11-23(22)20-26)19-9-17-34(30)29(32(37)40)28-27(42-34)14-8-18-35(31(28)39)25-12-4-3-5-13-25/h3-17,20,24,27-30,38H,2,18-19,21H2,1H3/t24-,27-,28+,29-,30?,34-/m0/s1. The average molecular weight is 564 g/mol. The molecule has 1 N–H and O–H groups in total. The van der Waals surface area contributed by atoms with Gasteiger partial charge in [-0.1, -0.05) is 79.8 Å². The summed E-state index contributed by atoms with van der Waals surface area (Å²) >= 11 is 0. The van der Waals surface area contributed by atoms with Crippen LogP contribution in [0.4, 0.5) is 11.4 Å². The maximum atomic E-state index is 14.7. The fourth-order valence-corrected chi connectivity index (χ4v) is 7.30. The number of fused-ring (bicyclic) bond motifs is 3. The number of nitrogens with zero attached hydrogens (tertiary/aromatic N) is 3.